The largest absolute Gasteiger partial charge is 0.370 e. The smallest absolute Gasteiger partial charge is 0.272 e. The number of amides is 1. The van der Waals surface area contributed by atoms with Gasteiger partial charge in [0.25, 0.3) is 5.91 Å². The molecule has 0 radical (unpaired) electrons. The summed E-state index contributed by atoms with van der Waals surface area (Å²) in [7, 11) is 1.79. The second-order valence-electron chi connectivity index (χ2n) is 6.44. The Labute approximate surface area is 144 Å². The zero-order chi connectivity index (χ0) is 17.5. The van der Waals surface area contributed by atoms with Crippen molar-refractivity contribution < 1.29 is 4.79 Å². The van der Waals surface area contributed by atoms with Crippen LogP contribution in [0, 0.1) is 12.8 Å². The van der Waals surface area contributed by atoms with Crippen molar-refractivity contribution in [3.05, 3.63) is 53.5 Å². The van der Waals surface area contributed by atoms with Crippen molar-refractivity contribution in [3.63, 3.8) is 0 Å². The van der Waals surface area contributed by atoms with Gasteiger partial charge in [0.1, 0.15) is 17.3 Å². The van der Waals surface area contributed by atoms with Crippen LogP contribution in [0.2, 0.25) is 0 Å². The Kier molecular flexibility index (Phi) is 6.29. The number of nitrogens with zero attached hydrogens (tertiary/aromatic N) is 3. The standard InChI is InChI=1S/C19H26N4O/c1-14(2)10-11-20-18-12-17(21-15(3)22-18)19(24)23(4)13-16-8-6-5-7-9-16/h5-9,12,14H,10-11,13H2,1-4H3,(H,20,21,22). The first-order valence-corrected chi connectivity index (χ1v) is 8.34. The highest BCUT2D eigenvalue weighted by Crippen LogP contribution is 2.12. The van der Waals surface area contributed by atoms with Gasteiger partial charge in [0.2, 0.25) is 0 Å². The summed E-state index contributed by atoms with van der Waals surface area (Å²) in [5.41, 5.74) is 1.52. The lowest BCUT2D eigenvalue weighted by atomic mass is 10.1. The molecule has 1 aromatic carbocycles. The van der Waals surface area contributed by atoms with Crippen molar-refractivity contribution in [2.45, 2.75) is 33.7 Å². The van der Waals surface area contributed by atoms with Crippen LogP contribution in [0.4, 0.5) is 5.82 Å². The molecule has 1 amide bonds. The van der Waals surface area contributed by atoms with Crippen LogP contribution in [0.1, 0.15) is 42.1 Å². The van der Waals surface area contributed by atoms with E-state index in [9.17, 15) is 4.79 Å². The molecule has 0 aliphatic carbocycles. The Morgan fingerprint density at radius 1 is 1.21 bits per heavy atom. The van der Waals surface area contributed by atoms with E-state index in [0.717, 1.165) is 18.5 Å². The molecule has 128 valence electrons. The lowest BCUT2D eigenvalue weighted by Gasteiger charge is -2.17. The quantitative estimate of drug-likeness (QED) is 0.846. The number of aryl methyl sites for hydroxylation is 1. The minimum Gasteiger partial charge on any atom is -0.370 e. The minimum atomic E-state index is -0.101. The Hall–Kier alpha value is -2.43. The van der Waals surface area contributed by atoms with E-state index in [1.54, 1.807) is 18.0 Å². The second kappa shape index (κ2) is 8.43. The lowest BCUT2D eigenvalue weighted by Crippen LogP contribution is -2.27. The molecule has 0 saturated carbocycles. The minimum absolute atomic E-state index is 0.101. The highest BCUT2D eigenvalue weighted by Gasteiger charge is 2.15. The van der Waals surface area contributed by atoms with E-state index in [1.807, 2.05) is 37.3 Å². The number of nitrogens with one attached hydrogen (secondary N) is 1. The van der Waals surface area contributed by atoms with E-state index in [-0.39, 0.29) is 5.91 Å². The van der Waals surface area contributed by atoms with Crippen molar-refractivity contribution in [2.75, 3.05) is 18.9 Å². The maximum atomic E-state index is 12.6. The molecular formula is C19H26N4O. The van der Waals surface area contributed by atoms with Crippen LogP contribution in [0.3, 0.4) is 0 Å². The molecule has 0 bridgehead atoms. The molecule has 24 heavy (non-hydrogen) atoms. The summed E-state index contributed by atoms with van der Waals surface area (Å²) in [6.45, 7) is 7.56. The molecule has 5 nitrogen and oxygen atoms in total. The summed E-state index contributed by atoms with van der Waals surface area (Å²) >= 11 is 0. The van der Waals surface area contributed by atoms with Crippen LogP contribution in [0.5, 0.6) is 0 Å². The molecule has 0 aliphatic rings. The molecule has 1 N–H and O–H groups in total. The maximum Gasteiger partial charge on any atom is 0.272 e. The summed E-state index contributed by atoms with van der Waals surface area (Å²) in [5.74, 6) is 1.83. The van der Waals surface area contributed by atoms with Gasteiger partial charge in [0.05, 0.1) is 0 Å². The van der Waals surface area contributed by atoms with Crippen molar-refractivity contribution in [1.82, 2.24) is 14.9 Å². The normalized spacial score (nSPS) is 10.7. The molecule has 0 unspecified atom stereocenters. The first-order valence-electron chi connectivity index (χ1n) is 8.34. The van der Waals surface area contributed by atoms with E-state index in [2.05, 4.69) is 29.1 Å². The van der Waals surface area contributed by atoms with Crippen molar-refractivity contribution >= 4 is 11.7 Å². The fourth-order valence-electron chi connectivity index (χ4n) is 2.38. The van der Waals surface area contributed by atoms with Gasteiger partial charge >= 0.3 is 0 Å². The van der Waals surface area contributed by atoms with E-state index in [1.165, 1.54) is 0 Å². The first-order chi connectivity index (χ1) is 11.5. The zero-order valence-electron chi connectivity index (χ0n) is 14.9. The van der Waals surface area contributed by atoms with Gasteiger partial charge in [-0.3, -0.25) is 4.79 Å². The van der Waals surface area contributed by atoms with Gasteiger partial charge in [-0.05, 0) is 24.8 Å². The summed E-state index contributed by atoms with van der Waals surface area (Å²) in [4.78, 5) is 23.0. The van der Waals surface area contributed by atoms with Crippen molar-refractivity contribution in [1.29, 1.82) is 0 Å². The molecule has 0 fully saturated rings. The first kappa shape index (κ1) is 17.9. The number of hydrogen-bond donors (Lipinski definition) is 1. The van der Waals surface area contributed by atoms with Crippen LogP contribution >= 0.6 is 0 Å². The highest BCUT2D eigenvalue weighted by molar-refractivity contribution is 5.92. The van der Waals surface area contributed by atoms with Gasteiger partial charge < -0.3 is 10.2 Å². The zero-order valence-corrected chi connectivity index (χ0v) is 14.9. The van der Waals surface area contributed by atoms with Crippen molar-refractivity contribution in [3.8, 4) is 0 Å². The van der Waals surface area contributed by atoms with Crippen LogP contribution in [0.15, 0.2) is 36.4 Å². The van der Waals surface area contributed by atoms with E-state index >= 15 is 0 Å². The highest BCUT2D eigenvalue weighted by atomic mass is 16.2. The number of carbonyl (C=O) groups excluding carboxylic acids is 1. The van der Waals surface area contributed by atoms with Gasteiger partial charge in [0, 0.05) is 26.2 Å². The summed E-state index contributed by atoms with van der Waals surface area (Å²) in [5, 5.41) is 3.28. The SMILES string of the molecule is Cc1nc(NCCC(C)C)cc(C(=O)N(C)Cc2ccccc2)n1. The summed E-state index contributed by atoms with van der Waals surface area (Å²) < 4.78 is 0. The molecule has 2 aromatic rings. The third-order valence-electron chi connectivity index (χ3n) is 3.69. The van der Waals surface area contributed by atoms with Crippen LogP contribution in [-0.4, -0.2) is 34.4 Å². The Morgan fingerprint density at radius 3 is 2.58 bits per heavy atom. The molecule has 0 aliphatic heterocycles. The fourth-order valence-corrected chi connectivity index (χ4v) is 2.38. The average molecular weight is 326 g/mol. The molecule has 0 atom stereocenters. The van der Waals surface area contributed by atoms with Gasteiger partial charge in [-0.15, -0.1) is 0 Å². The predicted octanol–water partition coefficient (Wildman–Crippen LogP) is 3.52. The van der Waals surface area contributed by atoms with Gasteiger partial charge in [-0.25, -0.2) is 9.97 Å². The Bertz CT molecular complexity index is 670. The topological polar surface area (TPSA) is 58.1 Å². The predicted molar refractivity (Wildman–Crippen MR) is 97.0 cm³/mol. The van der Waals surface area contributed by atoms with Gasteiger partial charge in [-0.2, -0.15) is 0 Å². The second-order valence-corrected chi connectivity index (χ2v) is 6.44. The lowest BCUT2D eigenvalue weighted by molar-refractivity contribution is 0.0779. The van der Waals surface area contributed by atoms with Crippen LogP contribution < -0.4 is 5.32 Å². The van der Waals surface area contributed by atoms with Gasteiger partial charge in [-0.1, -0.05) is 44.2 Å². The molecule has 5 heteroatoms. The third-order valence-corrected chi connectivity index (χ3v) is 3.69. The summed E-state index contributed by atoms with van der Waals surface area (Å²) in [6, 6.07) is 11.7. The number of benzene rings is 1. The number of carbonyl (C=O) groups is 1. The number of hydrogen-bond acceptors (Lipinski definition) is 4. The molecular weight excluding hydrogens is 300 g/mol. The van der Waals surface area contributed by atoms with Crippen LogP contribution in [0.25, 0.3) is 0 Å². The number of aromatic nitrogens is 2. The van der Waals surface area contributed by atoms with E-state index in [0.29, 0.717) is 29.8 Å². The fraction of sp³-hybridized carbons (Fsp3) is 0.421. The molecule has 1 aromatic heterocycles. The molecule has 2 rings (SSSR count). The number of anilines is 1. The Morgan fingerprint density at radius 2 is 1.92 bits per heavy atom. The Balaban J connectivity index is 2.06. The maximum absolute atomic E-state index is 12.6. The average Bonchev–Trinajstić information content (AvgIpc) is 2.54. The molecule has 0 spiro atoms. The molecule has 1 heterocycles. The monoisotopic (exact) mass is 326 g/mol. The van der Waals surface area contributed by atoms with Crippen LogP contribution in [-0.2, 0) is 6.54 Å². The van der Waals surface area contributed by atoms with E-state index in [4.69, 9.17) is 0 Å². The molecule has 0 saturated heterocycles. The van der Waals surface area contributed by atoms with Crippen molar-refractivity contribution in [2.24, 2.45) is 5.92 Å². The van der Waals surface area contributed by atoms with E-state index < -0.39 is 0 Å². The number of rotatable bonds is 7. The summed E-state index contributed by atoms with van der Waals surface area (Å²) in [6.07, 6.45) is 1.06. The third kappa shape index (κ3) is 5.33. The van der Waals surface area contributed by atoms with Gasteiger partial charge in [0.15, 0.2) is 0 Å².